The van der Waals surface area contributed by atoms with Crippen molar-refractivity contribution in [3.8, 4) is 0 Å². The number of aromatic carboxylic acids is 1. The molecule has 0 spiro atoms. The van der Waals surface area contributed by atoms with Gasteiger partial charge < -0.3 is 5.11 Å². The van der Waals surface area contributed by atoms with Crippen LogP contribution in [0, 0.1) is 0 Å². The van der Waals surface area contributed by atoms with Gasteiger partial charge in [-0.2, -0.15) is 9.61 Å². The molecular formula is C8H7N3O2S. The standard InChI is InChI=1S/C8H7N3O2S/c12-7(13)6-5(4-1-2-4)10-8-11(6)9-3-14-8/h3-4H,1-2H2,(H,12,13). The van der Waals surface area contributed by atoms with Crippen LogP contribution in [0.15, 0.2) is 5.51 Å². The lowest BCUT2D eigenvalue weighted by Gasteiger charge is -1.93. The molecule has 2 aromatic heterocycles. The van der Waals surface area contributed by atoms with Crippen molar-refractivity contribution in [3.63, 3.8) is 0 Å². The Morgan fingerprint density at radius 3 is 3.07 bits per heavy atom. The first-order valence-corrected chi connectivity index (χ1v) is 5.21. The third-order valence-electron chi connectivity index (χ3n) is 2.34. The fraction of sp³-hybridized carbons (Fsp3) is 0.375. The average Bonchev–Trinajstić information content (AvgIpc) is 2.75. The van der Waals surface area contributed by atoms with Crippen LogP contribution < -0.4 is 0 Å². The van der Waals surface area contributed by atoms with E-state index >= 15 is 0 Å². The highest BCUT2D eigenvalue weighted by molar-refractivity contribution is 7.14. The Hall–Kier alpha value is -1.43. The van der Waals surface area contributed by atoms with Gasteiger partial charge in [-0.25, -0.2) is 9.78 Å². The molecule has 14 heavy (non-hydrogen) atoms. The van der Waals surface area contributed by atoms with Gasteiger partial charge in [0.1, 0.15) is 5.51 Å². The van der Waals surface area contributed by atoms with Gasteiger partial charge in [0.05, 0.1) is 5.69 Å². The van der Waals surface area contributed by atoms with E-state index in [1.54, 1.807) is 5.51 Å². The van der Waals surface area contributed by atoms with Gasteiger partial charge in [-0.1, -0.05) is 11.3 Å². The maximum Gasteiger partial charge on any atom is 0.356 e. The fourth-order valence-electron chi connectivity index (χ4n) is 1.55. The molecule has 1 fully saturated rings. The van der Waals surface area contributed by atoms with Crippen LogP contribution >= 0.6 is 11.3 Å². The minimum absolute atomic E-state index is 0.240. The summed E-state index contributed by atoms with van der Waals surface area (Å²) in [7, 11) is 0. The van der Waals surface area contributed by atoms with Gasteiger partial charge in [-0.15, -0.1) is 0 Å². The minimum Gasteiger partial charge on any atom is -0.476 e. The van der Waals surface area contributed by atoms with Crippen molar-refractivity contribution < 1.29 is 9.90 Å². The van der Waals surface area contributed by atoms with Crippen LogP contribution in [-0.2, 0) is 0 Å². The van der Waals surface area contributed by atoms with Crippen LogP contribution in [0.5, 0.6) is 0 Å². The topological polar surface area (TPSA) is 67.5 Å². The molecule has 2 aromatic rings. The quantitative estimate of drug-likeness (QED) is 0.811. The summed E-state index contributed by atoms with van der Waals surface area (Å²) >= 11 is 1.36. The van der Waals surface area contributed by atoms with E-state index < -0.39 is 5.97 Å². The molecule has 72 valence electrons. The number of carboxylic acid groups (broad SMARTS) is 1. The van der Waals surface area contributed by atoms with E-state index in [0.717, 1.165) is 12.8 Å². The minimum atomic E-state index is -0.940. The van der Waals surface area contributed by atoms with Gasteiger partial charge in [-0.3, -0.25) is 0 Å². The highest BCUT2D eigenvalue weighted by Gasteiger charge is 2.33. The lowest BCUT2D eigenvalue weighted by Crippen LogP contribution is -2.05. The van der Waals surface area contributed by atoms with E-state index in [1.165, 1.54) is 15.9 Å². The number of hydrogen-bond donors (Lipinski definition) is 1. The molecule has 0 bridgehead atoms. The lowest BCUT2D eigenvalue weighted by atomic mass is 10.2. The molecule has 0 aliphatic heterocycles. The zero-order valence-electron chi connectivity index (χ0n) is 7.17. The van der Waals surface area contributed by atoms with Crippen LogP contribution in [0.2, 0.25) is 0 Å². The number of rotatable bonds is 2. The van der Waals surface area contributed by atoms with Gasteiger partial charge in [0.25, 0.3) is 0 Å². The third-order valence-corrected chi connectivity index (χ3v) is 3.01. The SMILES string of the molecule is O=C(O)c1c(C2CC2)nc2scnn12. The summed E-state index contributed by atoms with van der Waals surface area (Å²) in [5.74, 6) is -0.597. The summed E-state index contributed by atoms with van der Waals surface area (Å²) in [6.07, 6.45) is 2.09. The van der Waals surface area contributed by atoms with Crippen molar-refractivity contribution in [3.05, 3.63) is 16.9 Å². The van der Waals surface area contributed by atoms with E-state index in [2.05, 4.69) is 10.1 Å². The highest BCUT2D eigenvalue weighted by Crippen LogP contribution is 2.41. The molecule has 1 N–H and O–H groups in total. The van der Waals surface area contributed by atoms with E-state index in [0.29, 0.717) is 16.6 Å². The summed E-state index contributed by atoms with van der Waals surface area (Å²) in [5.41, 5.74) is 2.55. The van der Waals surface area contributed by atoms with Gasteiger partial charge in [0, 0.05) is 5.92 Å². The maximum atomic E-state index is 11.0. The summed E-state index contributed by atoms with van der Waals surface area (Å²) in [4.78, 5) is 16.0. The zero-order valence-corrected chi connectivity index (χ0v) is 7.99. The summed E-state index contributed by atoms with van der Waals surface area (Å²) in [5, 5.41) is 13.0. The van der Waals surface area contributed by atoms with E-state index in [-0.39, 0.29) is 5.69 Å². The van der Waals surface area contributed by atoms with Crippen molar-refractivity contribution in [1.82, 2.24) is 14.6 Å². The van der Waals surface area contributed by atoms with Crippen molar-refractivity contribution in [1.29, 1.82) is 0 Å². The second kappa shape index (κ2) is 2.54. The predicted octanol–water partition coefficient (Wildman–Crippen LogP) is 1.37. The third kappa shape index (κ3) is 0.971. The van der Waals surface area contributed by atoms with Crippen LogP contribution in [0.4, 0.5) is 0 Å². The number of carbonyl (C=O) groups is 1. The smallest absolute Gasteiger partial charge is 0.356 e. The second-order valence-electron chi connectivity index (χ2n) is 3.36. The Morgan fingerprint density at radius 2 is 2.43 bits per heavy atom. The summed E-state index contributed by atoms with van der Waals surface area (Å²) in [6, 6.07) is 0. The molecular weight excluding hydrogens is 202 g/mol. The lowest BCUT2D eigenvalue weighted by molar-refractivity contribution is 0.0686. The number of aromatic nitrogens is 3. The van der Waals surface area contributed by atoms with Crippen LogP contribution in [0.25, 0.3) is 4.96 Å². The number of carboxylic acids is 1. The van der Waals surface area contributed by atoms with E-state index in [9.17, 15) is 4.79 Å². The highest BCUT2D eigenvalue weighted by atomic mass is 32.1. The Kier molecular flexibility index (Phi) is 1.44. The largest absolute Gasteiger partial charge is 0.476 e. The monoisotopic (exact) mass is 209 g/mol. The number of fused-ring (bicyclic) bond motifs is 1. The molecule has 6 heteroatoms. The Morgan fingerprint density at radius 1 is 1.64 bits per heavy atom. The van der Waals surface area contributed by atoms with Crippen LogP contribution in [-0.4, -0.2) is 25.7 Å². The van der Waals surface area contributed by atoms with Crippen LogP contribution in [0.3, 0.4) is 0 Å². The Bertz CT molecular complexity index is 512. The Labute approximate surface area is 83.0 Å². The van der Waals surface area contributed by atoms with Gasteiger partial charge in [0.2, 0.25) is 4.96 Å². The summed E-state index contributed by atoms with van der Waals surface area (Å²) in [6.45, 7) is 0. The molecule has 3 rings (SSSR count). The first-order valence-electron chi connectivity index (χ1n) is 4.33. The molecule has 0 unspecified atom stereocenters. The number of nitrogens with zero attached hydrogens (tertiary/aromatic N) is 3. The first-order chi connectivity index (χ1) is 6.77. The van der Waals surface area contributed by atoms with Crippen molar-refractivity contribution in [2.24, 2.45) is 0 Å². The van der Waals surface area contributed by atoms with E-state index in [1.807, 2.05) is 0 Å². The molecule has 1 saturated carbocycles. The molecule has 0 aromatic carbocycles. The molecule has 1 aliphatic rings. The second-order valence-corrected chi connectivity index (χ2v) is 4.17. The molecule has 1 aliphatic carbocycles. The predicted molar refractivity (Wildman–Crippen MR) is 49.8 cm³/mol. The first kappa shape index (κ1) is 7.93. The fourth-order valence-corrected chi connectivity index (χ4v) is 2.18. The molecule has 0 atom stereocenters. The van der Waals surface area contributed by atoms with Crippen LogP contribution in [0.1, 0.15) is 34.9 Å². The molecule has 2 heterocycles. The zero-order chi connectivity index (χ0) is 9.71. The molecule has 5 nitrogen and oxygen atoms in total. The average molecular weight is 209 g/mol. The number of hydrogen-bond acceptors (Lipinski definition) is 4. The van der Waals surface area contributed by atoms with Crippen molar-refractivity contribution in [2.45, 2.75) is 18.8 Å². The van der Waals surface area contributed by atoms with Gasteiger partial charge in [-0.05, 0) is 12.8 Å². The van der Waals surface area contributed by atoms with Crippen molar-refractivity contribution in [2.75, 3.05) is 0 Å². The Balaban J connectivity index is 2.31. The van der Waals surface area contributed by atoms with Crippen molar-refractivity contribution >= 4 is 22.3 Å². The molecule has 0 amide bonds. The molecule has 0 saturated heterocycles. The van der Waals surface area contributed by atoms with E-state index in [4.69, 9.17) is 5.11 Å². The summed E-state index contributed by atoms with van der Waals surface area (Å²) < 4.78 is 1.42. The molecule has 0 radical (unpaired) electrons. The normalized spacial score (nSPS) is 16.3. The maximum absolute atomic E-state index is 11.0. The number of imidazole rings is 1. The van der Waals surface area contributed by atoms with Gasteiger partial charge >= 0.3 is 5.97 Å². The van der Waals surface area contributed by atoms with Gasteiger partial charge in [0.15, 0.2) is 5.69 Å².